The lowest BCUT2D eigenvalue weighted by molar-refractivity contribution is 0.564. The molecule has 0 aliphatic heterocycles. The maximum Gasteiger partial charge on any atom is 0.0720 e. The Balaban J connectivity index is 1.11. The monoisotopic (exact) mass is 777 g/mol. The molecule has 0 radical (unpaired) electrons. The molecule has 288 valence electrons. The molecule has 0 heterocycles. The van der Waals surface area contributed by atoms with Gasteiger partial charge in [-0.3, -0.25) is 0 Å². The lowest BCUT2D eigenvalue weighted by Gasteiger charge is -2.48. The van der Waals surface area contributed by atoms with Crippen molar-refractivity contribution in [2.75, 3.05) is 4.90 Å². The molecule has 61 heavy (non-hydrogen) atoms. The van der Waals surface area contributed by atoms with Crippen molar-refractivity contribution in [2.45, 2.75) is 24.7 Å². The fraction of sp³-hybridized carbons (Fsp3) is 0.0667. The van der Waals surface area contributed by atoms with Gasteiger partial charge in [0.15, 0.2) is 0 Å². The Hall–Kier alpha value is -7.48. The second kappa shape index (κ2) is 13.5. The SMILES string of the molecule is CC1(C)c2ccccc2C2(c3ccccc3-c3ccccc32)c2cccc(N(c3ccc(-c4ccccc4)cc3)c3ccc(-c4cc5ccccc5c5ccccc45)cc3)c21. The summed E-state index contributed by atoms with van der Waals surface area (Å²) in [6.45, 7) is 4.86. The van der Waals surface area contributed by atoms with Crippen LogP contribution in [0.3, 0.4) is 0 Å². The van der Waals surface area contributed by atoms with Crippen LogP contribution >= 0.6 is 0 Å². The molecule has 1 spiro atoms. The van der Waals surface area contributed by atoms with Crippen LogP contribution in [0.4, 0.5) is 17.1 Å². The molecule has 1 nitrogen and oxygen atoms in total. The van der Waals surface area contributed by atoms with Crippen molar-refractivity contribution in [1.82, 2.24) is 0 Å². The van der Waals surface area contributed by atoms with Gasteiger partial charge in [-0.2, -0.15) is 0 Å². The first-order valence-corrected chi connectivity index (χ1v) is 21.4. The molecule has 2 aliphatic rings. The summed E-state index contributed by atoms with van der Waals surface area (Å²) < 4.78 is 0. The molecule has 12 rings (SSSR count). The highest BCUT2D eigenvalue weighted by Gasteiger charge is 2.54. The Kier molecular flexibility index (Phi) is 7.86. The van der Waals surface area contributed by atoms with Crippen LogP contribution in [0, 0.1) is 0 Å². The second-order valence-corrected chi connectivity index (χ2v) is 17.2. The molecule has 0 N–H and O–H groups in total. The van der Waals surface area contributed by atoms with E-state index in [2.05, 4.69) is 243 Å². The van der Waals surface area contributed by atoms with Crippen LogP contribution in [0.1, 0.15) is 47.2 Å². The van der Waals surface area contributed by atoms with Crippen LogP contribution in [0.2, 0.25) is 0 Å². The van der Waals surface area contributed by atoms with E-state index in [0.717, 1.165) is 11.4 Å². The molecule has 0 saturated heterocycles. The maximum absolute atomic E-state index is 2.51. The van der Waals surface area contributed by atoms with Gasteiger partial charge >= 0.3 is 0 Å². The zero-order valence-corrected chi connectivity index (χ0v) is 34.3. The van der Waals surface area contributed by atoms with Crippen LogP contribution in [-0.2, 0) is 10.8 Å². The molecule has 10 aromatic carbocycles. The zero-order chi connectivity index (χ0) is 40.7. The second-order valence-electron chi connectivity index (χ2n) is 17.2. The minimum Gasteiger partial charge on any atom is -0.310 e. The van der Waals surface area contributed by atoms with E-state index in [-0.39, 0.29) is 5.41 Å². The molecule has 0 fully saturated rings. The van der Waals surface area contributed by atoms with Crippen LogP contribution in [-0.4, -0.2) is 0 Å². The minimum atomic E-state index is -0.478. The maximum atomic E-state index is 2.51. The molecule has 0 amide bonds. The standard InChI is InChI=1S/C60H43N/c1-59(2)54-27-14-15-28-55(54)60(52-25-12-10-23-49(52)50-24-11-13-26-53(50)60)56-29-16-30-57(58(56)59)61(44-35-31-41(32-36-44)40-17-4-3-5-18-40)45-37-33-42(34-38-45)51-39-43-19-6-7-20-46(43)47-21-8-9-22-48(47)51/h3-39H,1-2H3. The Morgan fingerprint density at radius 3 is 1.49 bits per heavy atom. The van der Waals surface area contributed by atoms with Crippen molar-refractivity contribution >= 4 is 38.6 Å². The summed E-state index contributed by atoms with van der Waals surface area (Å²) in [5.74, 6) is 0. The lowest BCUT2D eigenvalue weighted by atomic mass is 9.55. The van der Waals surface area contributed by atoms with Crippen LogP contribution in [0.5, 0.6) is 0 Å². The van der Waals surface area contributed by atoms with Crippen LogP contribution in [0.15, 0.2) is 224 Å². The van der Waals surface area contributed by atoms with Gasteiger partial charge in [0.05, 0.1) is 11.1 Å². The summed E-state index contributed by atoms with van der Waals surface area (Å²) in [5.41, 5.74) is 18.2. The van der Waals surface area contributed by atoms with Crippen LogP contribution in [0.25, 0.3) is 54.9 Å². The first-order valence-electron chi connectivity index (χ1n) is 21.4. The molecule has 0 saturated carbocycles. The van der Waals surface area contributed by atoms with Crippen molar-refractivity contribution in [2.24, 2.45) is 0 Å². The molecular formula is C60H43N. The topological polar surface area (TPSA) is 3.24 Å². The Morgan fingerprint density at radius 1 is 0.328 bits per heavy atom. The number of nitrogens with zero attached hydrogens (tertiary/aromatic N) is 1. The number of rotatable bonds is 5. The third-order valence-corrected chi connectivity index (χ3v) is 13.7. The van der Waals surface area contributed by atoms with E-state index < -0.39 is 5.41 Å². The molecule has 10 aromatic rings. The van der Waals surface area contributed by atoms with Gasteiger partial charge in [-0.25, -0.2) is 0 Å². The molecule has 2 aliphatic carbocycles. The third-order valence-electron chi connectivity index (χ3n) is 13.7. The van der Waals surface area contributed by atoms with E-state index in [0.29, 0.717) is 0 Å². The molecule has 0 unspecified atom stereocenters. The summed E-state index contributed by atoms with van der Waals surface area (Å²) in [6, 6.07) is 83.5. The molecule has 1 heteroatoms. The number of hydrogen-bond donors (Lipinski definition) is 0. The largest absolute Gasteiger partial charge is 0.310 e. The molecule has 0 aromatic heterocycles. The van der Waals surface area contributed by atoms with E-state index in [4.69, 9.17) is 0 Å². The summed E-state index contributed by atoms with van der Waals surface area (Å²) in [5, 5.41) is 5.08. The average molecular weight is 778 g/mol. The average Bonchev–Trinajstić information content (AvgIpc) is 3.62. The summed E-state index contributed by atoms with van der Waals surface area (Å²) in [7, 11) is 0. The number of anilines is 3. The number of benzene rings is 10. The van der Waals surface area contributed by atoms with E-state index >= 15 is 0 Å². The normalized spacial score (nSPS) is 14.0. The molecule has 0 bridgehead atoms. The zero-order valence-electron chi connectivity index (χ0n) is 34.3. The molecule has 0 atom stereocenters. The van der Waals surface area contributed by atoms with E-state index in [1.807, 2.05) is 0 Å². The van der Waals surface area contributed by atoms with Crippen molar-refractivity contribution in [3.05, 3.63) is 258 Å². The van der Waals surface area contributed by atoms with Gasteiger partial charge in [0, 0.05) is 16.8 Å². The third kappa shape index (κ3) is 5.14. The van der Waals surface area contributed by atoms with E-state index in [1.54, 1.807) is 0 Å². The highest BCUT2D eigenvalue weighted by molar-refractivity contribution is 6.13. The highest BCUT2D eigenvalue weighted by atomic mass is 15.1. The predicted molar refractivity (Wildman–Crippen MR) is 256 cm³/mol. The van der Waals surface area contributed by atoms with Gasteiger partial charge in [0.1, 0.15) is 0 Å². The van der Waals surface area contributed by atoms with Crippen molar-refractivity contribution in [1.29, 1.82) is 0 Å². The number of hydrogen-bond acceptors (Lipinski definition) is 1. The van der Waals surface area contributed by atoms with Crippen LogP contribution < -0.4 is 4.90 Å². The quantitative estimate of drug-likeness (QED) is 0.157. The Labute approximate surface area is 357 Å². The van der Waals surface area contributed by atoms with Crippen molar-refractivity contribution in [3.63, 3.8) is 0 Å². The van der Waals surface area contributed by atoms with E-state index in [9.17, 15) is 0 Å². The van der Waals surface area contributed by atoms with Gasteiger partial charge in [0.25, 0.3) is 0 Å². The predicted octanol–water partition coefficient (Wildman–Crippen LogP) is 15.8. The Bertz CT molecular complexity index is 3270. The van der Waals surface area contributed by atoms with Gasteiger partial charge < -0.3 is 4.90 Å². The van der Waals surface area contributed by atoms with Gasteiger partial charge in [0.2, 0.25) is 0 Å². The summed E-state index contributed by atoms with van der Waals surface area (Å²) in [6.07, 6.45) is 0. The summed E-state index contributed by atoms with van der Waals surface area (Å²) >= 11 is 0. The number of fused-ring (bicyclic) bond motifs is 12. The smallest absolute Gasteiger partial charge is 0.0720 e. The van der Waals surface area contributed by atoms with E-state index in [1.165, 1.54) is 94.0 Å². The lowest BCUT2D eigenvalue weighted by Crippen LogP contribution is -2.41. The summed E-state index contributed by atoms with van der Waals surface area (Å²) in [4.78, 5) is 2.51. The van der Waals surface area contributed by atoms with Crippen molar-refractivity contribution in [3.8, 4) is 33.4 Å². The van der Waals surface area contributed by atoms with Gasteiger partial charge in [-0.1, -0.05) is 202 Å². The Morgan fingerprint density at radius 2 is 0.820 bits per heavy atom. The highest BCUT2D eigenvalue weighted by Crippen LogP contribution is 2.63. The fourth-order valence-corrected chi connectivity index (χ4v) is 11.1. The molecular weight excluding hydrogens is 735 g/mol. The minimum absolute atomic E-state index is 0.327. The van der Waals surface area contributed by atoms with Crippen molar-refractivity contribution < 1.29 is 0 Å². The van der Waals surface area contributed by atoms with Gasteiger partial charge in [-0.05, 0) is 125 Å². The first-order chi connectivity index (χ1) is 30.0. The fourth-order valence-electron chi connectivity index (χ4n) is 11.1. The van der Waals surface area contributed by atoms with Gasteiger partial charge in [-0.15, -0.1) is 0 Å². The first kappa shape index (κ1) is 35.5.